The van der Waals surface area contributed by atoms with Gasteiger partial charge >= 0.3 is 0 Å². The van der Waals surface area contributed by atoms with Gasteiger partial charge < -0.3 is 19.6 Å². The van der Waals surface area contributed by atoms with Crippen LogP contribution in [0.4, 0.5) is 17.5 Å². The standard InChI is InChI=1S/C24H30N8/c1-19-25-23(31-12-10-29(2)11-13-31)18-24(26-19)32-16-14-30(15-17-32)22-9-8-21(27-28-22)20-6-4-3-5-7-20/h3-9,18H,10-17H2,1-2H3. The first-order valence-electron chi connectivity index (χ1n) is 11.3. The largest absolute Gasteiger partial charge is 0.354 e. The molecular formula is C24H30N8. The Labute approximate surface area is 189 Å². The van der Waals surface area contributed by atoms with Gasteiger partial charge in [-0.15, -0.1) is 10.2 Å². The molecule has 2 aliphatic heterocycles. The first kappa shape index (κ1) is 20.6. The van der Waals surface area contributed by atoms with Crippen LogP contribution in [-0.4, -0.2) is 84.5 Å². The summed E-state index contributed by atoms with van der Waals surface area (Å²) in [6, 6.07) is 16.5. The van der Waals surface area contributed by atoms with Crippen molar-refractivity contribution < 1.29 is 0 Å². The predicted octanol–water partition coefficient (Wildman–Crippen LogP) is 2.32. The Morgan fingerprint density at radius 3 is 1.75 bits per heavy atom. The first-order chi connectivity index (χ1) is 15.7. The van der Waals surface area contributed by atoms with E-state index in [0.717, 1.165) is 86.9 Å². The van der Waals surface area contributed by atoms with E-state index in [9.17, 15) is 0 Å². The Hall–Kier alpha value is -3.26. The molecular weight excluding hydrogens is 400 g/mol. The number of piperazine rings is 2. The molecule has 32 heavy (non-hydrogen) atoms. The molecule has 0 aliphatic carbocycles. The molecule has 2 fully saturated rings. The molecule has 0 radical (unpaired) electrons. The van der Waals surface area contributed by atoms with Crippen molar-refractivity contribution in [1.29, 1.82) is 0 Å². The fourth-order valence-corrected chi connectivity index (χ4v) is 4.32. The lowest BCUT2D eigenvalue weighted by atomic mass is 10.1. The van der Waals surface area contributed by atoms with Gasteiger partial charge in [0.25, 0.3) is 0 Å². The third kappa shape index (κ3) is 4.50. The van der Waals surface area contributed by atoms with Gasteiger partial charge in [0.15, 0.2) is 5.82 Å². The van der Waals surface area contributed by atoms with Crippen molar-refractivity contribution in [3.63, 3.8) is 0 Å². The van der Waals surface area contributed by atoms with Crippen LogP contribution in [0.1, 0.15) is 5.82 Å². The molecule has 1 aromatic carbocycles. The van der Waals surface area contributed by atoms with Gasteiger partial charge in [-0.05, 0) is 26.1 Å². The highest BCUT2D eigenvalue weighted by molar-refractivity contribution is 5.59. The third-order valence-electron chi connectivity index (χ3n) is 6.29. The van der Waals surface area contributed by atoms with Crippen molar-refractivity contribution >= 4 is 17.5 Å². The minimum atomic E-state index is 0.834. The molecule has 2 saturated heterocycles. The van der Waals surface area contributed by atoms with Crippen LogP contribution < -0.4 is 14.7 Å². The minimum Gasteiger partial charge on any atom is -0.354 e. The van der Waals surface area contributed by atoms with Crippen LogP contribution >= 0.6 is 0 Å². The summed E-state index contributed by atoms with van der Waals surface area (Å²) in [7, 11) is 2.17. The molecule has 8 nitrogen and oxygen atoms in total. The van der Waals surface area contributed by atoms with E-state index >= 15 is 0 Å². The van der Waals surface area contributed by atoms with Crippen molar-refractivity contribution in [2.75, 3.05) is 74.1 Å². The second-order valence-electron chi connectivity index (χ2n) is 8.54. The maximum absolute atomic E-state index is 4.74. The summed E-state index contributed by atoms with van der Waals surface area (Å²) in [5, 5.41) is 8.94. The number of benzene rings is 1. The molecule has 8 heteroatoms. The first-order valence-corrected chi connectivity index (χ1v) is 11.3. The van der Waals surface area contributed by atoms with Gasteiger partial charge in [0.1, 0.15) is 17.5 Å². The second kappa shape index (κ2) is 9.08. The summed E-state index contributed by atoms with van der Waals surface area (Å²) in [6.45, 7) is 9.75. The fourth-order valence-electron chi connectivity index (χ4n) is 4.32. The van der Waals surface area contributed by atoms with Gasteiger partial charge in [-0.2, -0.15) is 0 Å². The van der Waals surface area contributed by atoms with E-state index in [2.05, 4.69) is 67.2 Å². The van der Waals surface area contributed by atoms with Crippen LogP contribution in [0.25, 0.3) is 11.3 Å². The number of hydrogen-bond acceptors (Lipinski definition) is 8. The molecule has 4 heterocycles. The highest BCUT2D eigenvalue weighted by Gasteiger charge is 2.22. The molecule has 0 bridgehead atoms. The molecule has 0 amide bonds. The van der Waals surface area contributed by atoms with Crippen molar-refractivity contribution in [3.05, 3.63) is 54.4 Å². The average Bonchev–Trinajstić information content (AvgIpc) is 2.85. The van der Waals surface area contributed by atoms with Gasteiger partial charge in [-0.3, -0.25) is 0 Å². The minimum absolute atomic E-state index is 0.834. The zero-order chi connectivity index (χ0) is 21.9. The van der Waals surface area contributed by atoms with Crippen LogP contribution in [-0.2, 0) is 0 Å². The second-order valence-corrected chi connectivity index (χ2v) is 8.54. The summed E-state index contributed by atoms with van der Waals surface area (Å²) in [5.41, 5.74) is 1.99. The van der Waals surface area contributed by atoms with Gasteiger partial charge in [0.05, 0.1) is 5.69 Å². The van der Waals surface area contributed by atoms with E-state index in [0.29, 0.717) is 0 Å². The Bertz CT molecular complexity index is 1020. The Morgan fingerprint density at radius 1 is 0.625 bits per heavy atom. The summed E-state index contributed by atoms with van der Waals surface area (Å²) in [5.74, 6) is 3.84. The summed E-state index contributed by atoms with van der Waals surface area (Å²) < 4.78 is 0. The lowest BCUT2D eigenvalue weighted by Crippen LogP contribution is -2.47. The van der Waals surface area contributed by atoms with E-state index in [-0.39, 0.29) is 0 Å². The molecule has 0 unspecified atom stereocenters. The normalized spacial score (nSPS) is 17.6. The molecule has 0 saturated carbocycles. The Kier molecular flexibility index (Phi) is 5.85. The summed E-state index contributed by atoms with van der Waals surface area (Å²) in [4.78, 5) is 18.8. The zero-order valence-electron chi connectivity index (χ0n) is 18.9. The maximum Gasteiger partial charge on any atom is 0.151 e. The summed E-state index contributed by atoms with van der Waals surface area (Å²) >= 11 is 0. The quantitative estimate of drug-likeness (QED) is 0.625. The molecule has 2 aromatic heterocycles. The smallest absolute Gasteiger partial charge is 0.151 e. The van der Waals surface area contributed by atoms with E-state index < -0.39 is 0 Å². The van der Waals surface area contributed by atoms with Crippen molar-refractivity contribution in [2.45, 2.75) is 6.92 Å². The van der Waals surface area contributed by atoms with Crippen molar-refractivity contribution in [2.24, 2.45) is 0 Å². The maximum atomic E-state index is 4.74. The molecule has 166 valence electrons. The molecule has 0 N–H and O–H groups in total. The lowest BCUT2D eigenvalue weighted by Gasteiger charge is -2.37. The van der Waals surface area contributed by atoms with Gasteiger partial charge in [-0.1, -0.05) is 30.3 Å². The number of aryl methyl sites for hydroxylation is 1. The Morgan fingerprint density at radius 2 is 1.19 bits per heavy atom. The van der Waals surface area contributed by atoms with Crippen molar-refractivity contribution in [1.82, 2.24) is 25.1 Å². The zero-order valence-corrected chi connectivity index (χ0v) is 18.9. The van der Waals surface area contributed by atoms with E-state index in [4.69, 9.17) is 9.97 Å². The average molecular weight is 431 g/mol. The number of rotatable bonds is 4. The van der Waals surface area contributed by atoms with E-state index in [1.54, 1.807) is 0 Å². The van der Waals surface area contributed by atoms with E-state index in [1.165, 1.54) is 0 Å². The molecule has 0 spiro atoms. The molecule has 5 rings (SSSR count). The topological polar surface area (TPSA) is 64.5 Å². The highest BCUT2D eigenvalue weighted by atomic mass is 15.3. The number of aromatic nitrogens is 4. The van der Waals surface area contributed by atoms with Crippen LogP contribution in [0.3, 0.4) is 0 Å². The number of hydrogen-bond donors (Lipinski definition) is 0. The summed E-state index contributed by atoms with van der Waals surface area (Å²) in [6.07, 6.45) is 0. The predicted molar refractivity (Wildman–Crippen MR) is 128 cm³/mol. The molecule has 3 aromatic rings. The monoisotopic (exact) mass is 430 g/mol. The highest BCUT2D eigenvalue weighted by Crippen LogP contribution is 2.23. The fraction of sp³-hybridized carbons (Fsp3) is 0.417. The molecule has 0 atom stereocenters. The van der Waals surface area contributed by atoms with Crippen LogP contribution in [0.2, 0.25) is 0 Å². The van der Waals surface area contributed by atoms with Crippen molar-refractivity contribution in [3.8, 4) is 11.3 Å². The third-order valence-corrected chi connectivity index (χ3v) is 6.29. The van der Waals surface area contributed by atoms with Gasteiger partial charge in [0.2, 0.25) is 0 Å². The molecule has 2 aliphatic rings. The Balaban J connectivity index is 1.24. The number of likely N-dealkylation sites (N-methyl/N-ethyl adjacent to an activating group) is 1. The van der Waals surface area contributed by atoms with Crippen LogP contribution in [0.5, 0.6) is 0 Å². The SMILES string of the molecule is Cc1nc(N2CCN(C)CC2)cc(N2CCN(c3ccc(-c4ccccc4)nn3)CC2)n1. The number of anilines is 3. The van der Waals surface area contributed by atoms with Crippen LogP contribution in [0.15, 0.2) is 48.5 Å². The van der Waals surface area contributed by atoms with Crippen LogP contribution in [0, 0.1) is 6.92 Å². The lowest BCUT2D eigenvalue weighted by molar-refractivity contribution is 0.312. The van der Waals surface area contributed by atoms with Gasteiger partial charge in [0, 0.05) is 64.0 Å². The number of nitrogens with zero attached hydrogens (tertiary/aromatic N) is 8. The van der Waals surface area contributed by atoms with E-state index in [1.807, 2.05) is 25.1 Å². The van der Waals surface area contributed by atoms with Gasteiger partial charge in [-0.25, -0.2) is 9.97 Å².